The van der Waals surface area contributed by atoms with Crippen LogP contribution >= 0.6 is 0 Å². The molecule has 0 bridgehead atoms. The number of hydrogen-bond acceptors (Lipinski definition) is 0. The van der Waals surface area contributed by atoms with E-state index in [9.17, 15) is 26.3 Å². The fourth-order valence-corrected chi connectivity index (χ4v) is 3.65. The molecular weight excluding hydrogens is 438 g/mol. The molecule has 0 aliphatic carbocycles. The van der Waals surface area contributed by atoms with Gasteiger partial charge in [0.25, 0.3) is 0 Å². The van der Waals surface area contributed by atoms with E-state index in [1.165, 1.54) is 24.3 Å². The molecule has 0 aliphatic rings. The molecule has 0 spiro atoms. The highest BCUT2D eigenvalue weighted by atomic mass is 19.2. The number of halogens is 6. The van der Waals surface area contributed by atoms with Crippen LogP contribution in [-0.4, -0.2) is 0 Å². The summed E-state index contributed by atoms with van der Waals surface area (Å²) in [7, 11) is 0. The van der Waals surface area contributed by atoms with Gasteiger partial charge in [-0.05, 0) is 65.4 Å². The third-order valence-electron chi connectivity index (χ3n) is 5.21. The molecule has 4 aromatic rings. The second kappa shape index (κ2) is 9.03. The van der Waals surface area contributed by atoms with Crippen molar-refractivity contribution in [2.45, 2.75) is 19.8 Å². The standard InChI is InChI=1S/C27H16F6/c1-2-3-16-11-24(31)26(25(32)12-16)18-13-22(29)20(23(30)14-18)8-5-15-4-7-19-17(10-15)6-9-21(28)27(19)33/h4,6-7,9-14H,2-3H2,1H3. The molecule has 4 aromatic carbocycles. The highest BCUT2D eigenvalue weighted by Gasteiger charge is 2.17. The number of fused-ring (bicyclic) bond motifs is 1. The Bertz CT molecular complexity index is 1400. The lowest BCUT2D eigenvalue weighted by molar-refractivity contribution is 0.517. The molecule has 0 heterocycles. The van der Waals surface area contributed by atoms with Crippen molar-refractivity contribution in [1.29, 1.82) is 0 Å². The van der Waals surface area contributed by atoms with E-state index in [1.54, 1.807) is 0 Å². The SMILES string of the molecule is CCCc1cc(F)c(-c2cc(F)c(C#Cc3ccc4c(F)c(F)ccc4c3)c(F)c2)c(F)c1. The van der Waals surface area contributed by atoms with Gasteiger partial charge in [-0.2, -0.15) is 0 Å². The molecular formula is C27H16F6. The van der Waals surface area contributed by atoms with Crippen LogP contribution in [0.15, 0.2) is 54.6 Å². The largest absolute Gasteiger partial charge is 0.206 e. The molecule has 0 saturated heterocycles. The fourth-order valence-electron chi connectivity index (χ4n) is 3.65. The maximum absolute atomic E-state index is 14.6. The zero-order valence-electron chi connectivity index (χ0n) is 17.4. The zero-order valence-corrected chi connectivity index (χ0v) is 17.4. The maximum atomic E-state index is 14.6. The number of rotatable bonds is 3. The monoisotopic (exact) mass is 454 g/mol. The molecule has 0 N–H and O–H groups in total. The van der Waals surface area contributed by atoms with Gasteiger partial charge >= 0.3 is 0 Å². The Labute approximate surface area is 186 Å². The lowest BCUT2D eigenvalue weighted by Crippen LogP contribution is -1.98. The van der Waals surface area contributed by atoms with E-state index in [2.05, 4.69) is 11.8 Å². The van der Waals surface area contributed by atoms with E-state index in [4.69, 9.17) is 0 Å². The van der Waals surface area contributed by atoms with E-state index in [0.29, 0.717) is 29.4 Å². The lowest BCUT2D eigenvalue weighted by atomic mass is 9.99. The third kappa shape index (κ3) is 4.45. The molecule has 0 nitrogen and oxygen atoms in total. The van der Waals surface area contributed by atoms with Gasteiger partial charge in [-0.3, -0.25) is 0 Å². The Morgan fingerprint density at radius 2 is 1.33 bits per heavy atom. The highest BCUT2D eigenvalue weighted by Crippen LogP contribution is 2.30. The fraction of sp³-hybridized carbons (Fsp3) is 0.111. The summed E-state index contributed by atoms with van der Waals surface area (Å²) < 4.78 is 85.4. The van der Waals surface area contributed by atoms with E-state index in [1.807, 2.05) is 6.92 Å². The number of benzene rings is 4. The van der Waals surface area contributed by atoms with Gasteiger partial charge in [-0.25, -0.2) is 26.3 Å². The van der Waals surface area contributed by atoms with Crippen LogP contribution in [0.5, 0.6) is 0 Å². The normalized spacial score (nSPS) is 10.9. The first-order valence-corrected chi connectivity index (χ1v) is 10.2. The summed E-state index contributed by atoms with van der Waals surface area (Å²) in [5.41, 5.74) is -0.599. The smallest absolute Gasteiger partial charge is 0.166 e. The third-order valence-corrected chi connectivity index (χ3v) is 5.21. The van der Waals surface area contributed by atoms with Gasteiger partial charge < -0.3 is 0 Å². The average molecular weight is 454 g/mol. The molecule has 0 unspecified atom stereocenters. The Hall–Kier alpha value is -3.72. The molecule has 33 heavy (non-hydrogen) atoms. The summed E-state index contributed by atoms with van der Waals surface area (Å²) >= 11 is 0. The van der Waals surface area contributed by atoms with Gasteiger partial charge in [0.05, 0.1) is 11.1 Å². The first-order valence-electron chi connectivity index (χ1n) is 10.2. The molecule has 0 atom stereocenters. The van der Waals surface area contributed by atoms with Crippen molar-refractivity contribution in [2.24, 2.45) is 0 Å². The summed E-state index contributed by atoms with van der Waals surface area (Å²) in [5.74, 6) is -1.02. The minimum Gasteiger partial charge on any atom is -0.206 e. The number of aryl methyl sites for hydroxylation is 1. The van der Waals surface area contributed by atoms with Crippen molar-refractivity contribution < 1.29 is 26.3 Å². The molecule has 0 aliphatic heterocycles. The van der Waals surface area contributed by atoms with E-state index >= 15 is 0 Å². The van der Waals surface area contributed by atoms with Crippen molar-refractivity contribution in [3.05, 3.63) is 106 Å². The van der Waals surface area contributed by atoms with Crippen LogP contribution in [-0.2, 0) is 6.42 Å². The second-order valence-corrected chi connectivity index (χ2v) is 7.55. The quantitative estimate of drug-likeness (QED) is 0.220. The molecule has 166 valence electrons. The van der Waals surface area contributed by atoms with Gasteiger partial charge in [0.2, 0.25) is 0 Å². The predicted molar refractivity (Wildman–Crippen MR) is 116 cm³/mol. The molecule has 0 aromatic heterocycles. The van der Waals surface area contributed by atoms with Crippen molar-refractivity contribution in [2.75, 3.05) is 0 Å². The van der Waals surface area contributed by atoms with Crippen LogP contribution in [0.4, 0.5) is 26.3 Å². The van der Waals surface area contributed by atoms with Crippen LogP contribution in [0.2, 0.25) is 0 Å². The topological polar surface area (TPSA) is 0 Å². The van der Waals surface area contributed by atoms with E-state index < -0.39 is 46.0 Å². The first kappa shape index (κ1) is 22.5. The predicted octanol–water partition coefficient (Wildman–Crippen LogP) is 7.69. The Morgan fingerprint density at radius 3 is 1.97 bits per heavy atom. The first-order chi connectivity index (χ1) is 15.8. The second-order valence-electron chi connectivity index (χ2n) is 7.55. The van der Waals surface area contributed by atoms with Crippen LogP contribution in [0.1, 0.15) is 30.0 Å². The molecule has 4 rings (SSSR count). The Balaban J connectivity index is 1.71. The van der Waals surface area contributed by atoms with E-state index in [0.717, 1.165) is 30.3 Å². The Kier molecular flexibility index (Phi) is 6.15. The molecule has 0 amide bonds. The minimum atomic E-state index is -1.08. The minimum absolute atomic E-state index is 0.0521. The molecule has 6 heteroatoms. The van der Waals surface area contributed by atoms with Crippen LogP contribution in [0.25, 0.3) is 21.9 Å². The lowest BCUT2D eigenvalue weighted by Gasteiger charge is -2.09. The van der Waals surface area contributed by atoms with Crippen LogP contribution in [0, 0.1) is 46.7 Å². The van der Waals surface area contributed by atoms with Gasteiger partial charge in [0, 0.05) is 10.9 Å². The van der Waals surface area contributed by atoms with Crippen molar-refractivity contribution in [3.63, 3.8) is 0 Å². The zero-order chi connectivity index (χ0) is 23.7. The summed E-state index contributed by atoms with van der Waals surface area (Å²) in [6.45, 7) is 1.87. The number of hydrogen-bond donors (Lipinski definition) is 0. The maximum Gasteiger partial charge on any atom is 0.166 e. The molecule has 0 fully saturated rings. The van der Waals surface area contributed by atoms with Gasteiger partial charge in [0.15, 0.2) is 11.6 Å². The van der Waals surface area contributed by atoms with E-state index in [-0.39, 0.29) is 10.9 Å². The Morgan fingerprint density at radius 1 is 0.667 bits per heavy atom. The van der Waals surface area contributed by atoms with Gasteiger partial charge in [-0.15, -0.1) is 0 Å². The van der Waals surface area contributed by atoms with Gasteiger partial charge in [0.1, 0.15) is 23.3 Å². The summed E-state index contributed by atoms with van der Waals surface area (Å²) in [6, 6.07) is 10.5. The summed E-state index contributed by atoms with van der Waals surface area (Å²) in [5, 5.41) is 0.422. The molecule has 0 radical (unpaired) electrons. The summed E-state index contributed by atoms with van der Waals surface area (Å²) in [4.78, 5) is 0. The highest BCUT2D eigenvalue weighted by molar-refractivity contribution is 5.84. The van der Waals surface area contributed by atoms with Crippen LogP contribution in [0.3, 0.4) is 0 Å². The van der Waals surface area contributed by atoms with Crippen molar-refractivity contribution >= 4 is 10.8 Å². The van der Waals surface area contributed by atoms with Crippen LogP contribution < -0.4 is 0 Å². The summed E-state index contributed by atoms with van der Waals surface area (Å²) in [6.07, 6.45) is 1.17. The van der Waals surface area contributed by atoms with Crippen molar-refractivity contribution in [3.8, 4) is 23.0 Å². The van der Waals surface area contributed by atoms with Crippen molar-refractivity contribution in [1.82, 2.24) is 0 Å². The molecule has 0 saturated carbocycles. The van der Waals surface area contributed by atoms with Gasteiger partial charge in [-0.1, -0.05) is 37.3 Å². The average Bonchev–Trinajstić information content (AvgIpc) is 2.75.